The van der Waals surface area contributed by atoms with Gasteiger partial charge < -0.3 is 15.0 Å². The molecule has 150 valence electrons. The molecule has 1 aliphatic rings. The Kier molecular flexibility index (Phi) is 6.28. The van der Waals surface area contributed by atoms with Crippen LogP contribution in [0.25, 0.3) is 0 Å². The summed E-state index contributed by atoms with van der Waals surface area (Å²) in [5, 5.41) is 11.1. The molecule has 2 amide bonds. The highest BCUT2D eigenvalue weighted by Crippen LogP contribution is 2.23. The quantitative estimate of drug-likeness (QED) is 0.818. The lowest BCUT2D eigenvalue weighted by molar-refractivity contribution is -0.126. The van der Waals surface area contributed by atoms with Crippen LogP contribution in [0.2, 0.25) is 0 Å². The Morgan fingerprint density at radius 1 is 1.29 bits per heavy atom. The molecule has 3 rings (SSSR count). The van der Waals surface area contributed by atoms with E-state index < -0.39 is 0 Å². The minimum Gasteiger partial charge on any atom is -0.479 e. The highest BCUT2D eigenvalue weighted by atomic mass is 16.5. The number of aromatic nitrogens is 3. The van der Waals surface area contributed by atoms with E-state index >= 15 is 0 Å². The van der Waals surface area contributed by atoms with E-state index in [0.717, 1.165) is 18.4 Å². The first-order valence-electron chi connectivity index (χ1n) is 9.60. The second-order valence-corrected chi connectivity index (χ2v) is 7.34. The SMILES string of the molecule is COc1c(C(=O)N2CCCC(C(=O)NC(C)C)C2)nnn1Cc1ccccc1. The number of nitrogens with one attached hydrogen (secondary N) is 1. The number of carbonyl (C=O) groups is 2. The summed E-state index contributed by atoms with van der Waals surface area (Å²) in [5.74, 6) is -0.126. The van der Waals surface area contributed by atoms with E-state index in [-0.39, 0.29) is 29.5 Å². The fourth-order valence-electron chi connectivity index (χ4n) is 3.43. The van der Waals surface area contributed by atoms with Crippen LogP contribution >= 0.6 is 0 Å². The number of rotatable bonds is 6. The lowest BCUT2D eigenvalue weighted by atomic mass is 9.96. The van der Waals surface area contributed by atoms with Crippen molar-refractivity contribution in [3.63, 3.8) is 0 Å². The fourth-order valence-corrected chi connectivity index (χ4v) is 3.43. The average Bonchev–Trinajstić information content (AvgIpc) is 3.10. The molecule has 28 heavy (non-hydrogen) atoms. The summed E-state index contributed by atoms with van der Waals surface area (Å²) in [4.78, 5) is 27.0. The Bertz CT molecular complexity index is 819. The molecule has 0 bridgehead atoms. The molecule has 8 heteroatoms. The molecule has 1 unspecified atom stereocenters. The first-order chi connectivity index (χ1) is 13.5. The van der Waals surface area contributed by atoms with Crippen molar-refractivity contribution in [3.05, 3.63) is 41.6 Å². The van der Waals surface area contributed by atoms with Gasteiger partial charge in [0, 0.05) is 19.1 Å². The molecular formula is C20H27N5O3. The highest BCUT2D eigenvalue weighted by molar-refractivity contribution is 5.95. The van der Waals surface area contributed by atoms with E-state index in [0.29, 0.717) is 25.5 Å². The number of amides is 2. The third-order valence-electron chi connectivity index (χ3n) is 4.77. The molecule has 1 N–H and O–H groups in total. The van der Waals surface area contributed by atoms with Crippen molar-refractivity contribution in [1.29, 1.82) is 0 Å². The van der Waals surface area contributed by atoms with Crippen molar-refractivity contribution in [1.82, 2.24) is 25.2 Å². The summed E-state index contributed by atoms with van der Waals surface area (Å²) in [6, 6.07) is 9.87. The Balaban J connectivity index is 1.74. The Morgan fingerprint density at radius 3 is 2.71 bits per heavy atom. The van der Waals surface area contributed by atoms with Crippen LogP contribution in [0, 0.1) is 5.92 Å². The topological polar surface area (TPSA) is 89.3 Å². The number of likely N-dealkylation sites (tertiary alicyclic amines) is 1. The third-order valence-corrected chi connectivity index (χ3v) is 4.77. The molecule has 1 aromatic heterocycles. The van der Waals surface area contributed by atoms with Crippen LogP contribution in [-0.4, -0.2) is 57.9 Å². The molecule has 0 radical (unpaired) electrons. The zero-order chi connectivity index (χ0) is 20.1. The Labute approximate surface area is 164 Å². The zero-order valence-corrected chi connectivity index (χ0v) is 16.6. The Hall–Kier alpha value is -2.90. The molecule has 2 aromatic rings. The van der Waals surface area contributed by atoms with Crippen LogP contribution in [-0.2, 0) is 11.3 Å². The number of piperidine rings is 1. The monoisotopic (exact) mass is 385 g/mol. The summed E-state index contributed by atoms with van der Waals surface area (Å²) in [7, 11) is 1.51. The molecule has 2 heterocycles. The van der Waals surface area contributed by atoms with Crippen molar-refractivity contribution < 1.29 is 14.3 Å². The normalized spacial score (nSPS) is 16.9. The maximum absolute atomic E-state index is 13.0. The molecule has 1 saturated heterocycles. The van der Waals surface area contributed by atoms with Crippen molar-refractivity contribution in [2.45, 2.75) is 39.3 Å². The maximum Gasteiger partial charge on any atom is 0.280 e. The van der Waals surface area contributed by atoms with Crippen molar-refractivity contribution >= 4 is 11.8 Å². The van der Waals surface area contributed by atoms with Gasteiger partial charge in [0.1, 0.15) is 0 Å². The van der Waals surface area contributed by atoms with E-state index in [1.54, 1.807) is 9.58 Å². The minimum absolute atomic E-state index is 0.00723. The van der Waals surface area contributed by atoms with Crippen molar-refractivity contribution in [3.8, 4) is 5.88 Å². The van der Waals surface area contributed by atoms with Gasteiger partial charge in [-0.2, -0.15) is 0 Å². The van der Waals surface area contributed by atoms with Crippen LogP contribution in [0.1, 0.15) is 42.7 Å². The molecule has 1 aromatic carbocycles. The number of hydrogen-bond acceptors (Lipinski definition) is 5. The molecule has 0 saturated carbocycles. The van der Waals surface area contributed by atoms with Crippen LogP contribution < -0.4 is 10.1 Å². The molecular weight excluding hydrogens is 358 g/mol. The molecule has 1 fully saturated rings. The van der Waals surface area contributed by atoms with E-state index in [1.807, 2.05) is 44.2 Å². The van der Waals surface area contributed by atoms with Gasteiger partial charge in [-0.25, -0.2) is 4.68 Å². The van der Waals surface area contributed by atoms with Gasteiger partial charge in [-0.15, -0.1) is 5.10 Å². The van der Waals surface area contributed by atoms with E-state index in [4.69, 9.17) is 4.74 Å². The first-order valence-corrected chi connectivity index (χ1v) is 9.60. The number of carbonyl (C=O) groups excluding carboxylic acids is 2. The molecule has 1 aliphatic heterocycles. The molecule has 0 aliphatic carbocycles. The summed E-state index contributed by atoms with van der Waals surface area (Å²) in [6.45, 7) is 5.30. The predicted molar refractivity (Wildman–Crippen MR) is 104 cm³/mol. The Morgan fingerprint density at radius 2 is 2.04 bits per heavy atom. The molecule has 0 spiro atoms. The van der Waals surface area contributed by atoms with Crippen LogP contribution in [0.4, 0.5) is 0 Å². The average molecular weight is 385 g/mol. The maximum atomic E-state index is 13.0. The fraction of sp³-hybridized carbons (Fsp3) is 0.500. The second-order valence-electron chi connectivity index (χ2n) is 7.34. The van der Waals surface area contributed by atoms with Gasteiger partial charge in [0.2, 0.25) is 17.5 Å². The standard InChI is InChI=1S/C20H27N5O3/c1-14(2)21-18(26)16-10-7-11-24(13-16)19(27)17-20(28-3)25(23-22-17)12-15-8-5-4-6-9-15/h4-6,8-9,14,16H,7,10-13H2,1-3H3,(H,21,26). The highest BCUT2D eigenvalue weighted by Gasteiger charge is 2.32. The van der Waals surface area contributed by atoms with Gasteiger partial charge >= 0.3 is 0 Å². The number of hydrogen-bond donors (Lipinski definition) is 1. The van der Waals surface area contributed by atoms with Crippen molar-refractivity contribution in [2.75, 3.05) is 20.2 Å². The van der Waals surface area contributed by atoms with Crippen LogP contribution in [0.5, 0.6) is 5.88 Å². The number of methoxy groups -OCH3 is 1. The van der Waals surface area contributed by atoms with Gasteiger partial charge in [0.15, 0.2) is 0 Å². The van der Waals surface area contributed by atoms with Crippen molar-refractivity contribution in [2.24, 2.45) is 5.92 Å². The lowest BCUT2D eigenvalue weighted by Gasteiger charge is -2.32. The summed E-state index contributed by atoms with van der Waals surface area (Å²) in [6.07, 6.45) is 1.56. The lowest BCUT2D eigenvalue weighted by Crippen LogP contribution is -2.46. The van der Waals surface area contributed by atoms with Crippen LogP contribution in [0.15, 0.2) is 30.3 Å². The summed E-state index contributed by atoms with van der Waals surface area (Å²) < 4.78 is 7.02. The largest absolute Gasteiger partial charge is 0.479 e. The van der Waals surface area contributed by atoms with Gasteiger partial charge in [0.05, 0.1) is 19.6 Å². The van der Waals surface area contributed by atoms with Gasteiger partial charge in [-0.1, -0.05) is 35.5 Å². The summed E-state index contributed by atoms with van der Waals surface area (Å²) >= 11 is 0. The summed E-state index contributed by atoms with van der Waals surface area (Å²) in [5.41, 5.74) is 1.22. The molecule has 8 nitrogen and oxygen atoms in total. The van der Waals surface area contributed by atoms with E-state index in [2.05, 4.69) is 15.6 Å². The van der Waals surface area contributed by atoms with Crippen LogP contribution in [0.3, 0.4) is 0 Å². The van der Waals surface area contributed by atoms with E-state index in [9.17, 15) is 9.59 Å². The minimum atomic E-state index is -0.252. The third kappa shape index (κ3) is 4.49. The second kappa shape index (κ2) is 8.86. The van der Waals surface area contributed by atoms with Gasteiger partial charge in [-0.05, 0) is 32.3 Å². The number of nitrogens with zero attached hydrogens (tertiary/aromatic N) is 4. The zero-order valence-electron chi connectivity index (χ0n) is 16.6. The van der Waals surface area contributed by atoms with Gasteiger partial charge in [0.25, 0.3) is 5.91 Å². The first kappa shape index (κ1) is 19.9. The smallest absolute Gasteiger partial charge is 0.280 e. The predicted octanol–water partition coefficient (Wildman–Crippen LogP) is 1.71. The van der Waals surface area contributed by atoms with E-state index in [1.165, 1.54) is 7.11 Å². The number of ether oxygens (including phenoxy) is 1. The number of benzene rings is 1. The molecule has 1 atom stereocenters. The van der Waals surface area contributed by atoms with Gasteiger partial charge in [-0.3, -0.25) is 9.59 Å².